The van der Waals surface area contributed by atoms with Gasteiger partial charge in [0, 0.05) is 38.4 Å². The van der Waals surface area contributed by atoms with E-state index in [0.29, 0.717) is 17.5 Å². The lowest BCUT2D eigenvalue weighted by atomic mass is 9.81. The smallest absolute Gasteiger partial charge is 0.164 e. The summed E-state index contributed by atoms with van der Waals surface area (Å²) in [6.45, 7) is 4.63. The molecule has 1 aliphatic rings. The second-order valence-corrected chi connectivity index (χ2v) is 14.0. The number of para-hydroxylation sites is 1. The van der Waals surface area contributed by atoms with Crippen LogP contribution in [0.5, 0.6) is 0 Å². The van der Waals surface area contributed by atoms with Crippen molar-refractivity contribution in [2.24, 2.45) is 0 Å². The fourth-order valence-corrected chi connectivity index (χ4v) is 7.86. The zero-order chi connectivity index (χ0) is 34.8. The third kappa shape index (κ3) is 4.87. The first-order valence-electron chi connectivity index (χ1n) is 17.7. The van der Waals surface area contributed by atoms with Crippen molar-refractivity contribution in [2.75, 3.05) is 0 Å². The quantitative estimate of drug-likeness (QED) is 0.183. The van der Waals surface area contributed by atoms with Crippen LogP contribution in [0.25, 0.3) is 89.5 Å². The summed E-state index contributed by atoms with van der Waals surface area (Å²) < 4.78 is 6.50. The molecule has 0 atom stereocenters. The van der Waals surface area contributed by atoms with E-state index in [1.165, 1.54) is 44.2 Å². The van der Waals surface area contributed by atoms with Crippen LogP contribution < -0.4 is 0 Å². The molecule has 7 aromatic carbocycles. The molecule has 0 spiro atoms. The summed E-state index contributed by atoms with van der Waals surface area (Å²) in [6, 6.07) is 57.2. The highest BCUT2D eigenvalue weighted by Gasteiger charge is 2.38. The average molecular weight is 668 g/mol. The van der Waals surface area contributed by atoms with Crippen LogP contribution in [0.3, 0.4) is 0 Å². The Balaban J connectivity index is 0.962. The van der Waals surface area contributed by atoms with Crippen molar-refractivity contribution in [3.63, 3.8) is 0 Å². The van der Waals surface area contributed by atoms with Crippen molar-refractivity contribution in [3.8, 4) is 67.5 Å². The summed E-state index contributed by atoms with van der Waals surface area (Å²) in [4.78, 5) is 14.6. The van der Waals surface area contributed by atoms with E-state index in [0.717, 1.165) is 39.0 Å². The number of rotatable bonds is 5. The van der Waals surface area contributed by atoms with Crippen molar-refractivity contribution in [3.05, 3.63) is 175 Å². The molecule has 0 aliphatic heterocycles. The molecule has 10 rings (SSSR count). The van der Waals surface area contributed by atoms with E-state index in [1.54, 1.807) is 0 Å². The summed E-state index contributed by atoms with van der Waals surface area (Å²) in [5.74, 6) is 1.97. The molecule has 0 fully saturated rings. The number of nitrogens with zero attached hydrogens (tertiary/aromatic N) is 3. The van der Waals surface area contributed by atoms with Crippen LogP contribution in [0.15, 0.2) is 168 Å². The van der Waals surface area contributed by atoms with Crippen LogP contribution in [0.1, 0.15) is 25.0 Å². The minimum absolute atomic E-state index is 0.167. The molecule has 0 amide bonds. The Morgan fingerprint density at radius 3 is 1.48 bits per heavy atom. The number of hydrogen-bond acceptors (Lipinski definition) is 4. The molecular formula is C48H33N3O. The highest BCUT2D eigenvalue weighted by atomic mass is 16.3. The summed E-state index contributed by atoms with van der Waals surface area (Å²) in [7, 11) is 0. The van der Waals surface area contributed by atoms with Gasteiger partial charge in [-0.25, -0.2) is 15.0 Å². The highest BCUT2D eigenvalue weighted by molar-refractivity contribution is 6.09. The topological polar surface area (TPSA) is 51.8 Å². The van der Waals surface area contributed by atoms with Gasteiger partial charge < -0.3 is 4.42 Å². The van der Waals surface area contributed by atoms with Gasteiger partial charge in [-0.2, -0.15) is 0 Å². The second-order valence-electron chi connectivity index (χ2n) is 14.0. The Labute approximate surface area is 302 Å². The first-order chi connectivity index (χ1) is 25.5. The van der Waals surface area contributed by atoms with Crippen molar-refractivity contribution < 1.29 is 4.42 Å². The highest BCUT2D eigenvalue weighted by Crippen LogP contribution is 2.53. The molecule has 2 aromatic heterocycles. The maximum absolute atomic E-state index is 6.50. The van der Waals surface area contributed by atoms with E-state index in [1.807, 2.05) is 66.7 Å². The molecule has 4 heteroatoms. The number of fused-ring (bicyclic) bond motifs is 7. The standard InChI is InChI=1S/C48H33N3O/c1-48(2)41-28-25-36(29-40(41)38-26-27-39-37-15-9-10-16-42(37)52-44(39)43(38)48)32-19-17-30(18-20-32)31-21-23-35(24-22-31)47-50-45(33-11-5-3-6-12-33)49-46(51-47)34-13-7-4-8-14-34/h3-29H,1-2H3. The van der Waals surface area contributed by atoms with E-state index >= 15 is 0 Å². The van der Waals surface area contributed by atoms with Crippen LogP contribution in [0, 0.1) is 0 Å². The van der Waals surface area contributed by atoms with Crippen molar-refractivity contribution in [1.29, 1.82) is 0 Å². The van der Waals surface area contributed by atoms with Gasteiger partial charge in [0.15, 0.2) is 17.5 Å². The number of aromatic nitrogens is 3. The lowest BCUT2D eigenvalue weighted by Gasteiger charge is -2.21. The zero-order valence-corrected chi connectivity index (χ0v) is 28.8. The Morgan fingerprint density at radius 1 is 0.404 bits per heavy atom. The monoisotopic (exact) mass is 667 g/mol. The van der Waals surface area contributed by atoms with Crippen LogP contribution in [-0.2, 0) is 5.41 Å². The maximum atomic E-state index is 6.50. The maximum Gasteiger partial charge on any atom is 0.164 e. The molecule has 4 nitrogen and oxygen atoms in total. The van der Waals surface area contributed by atoms with Crippen LogP contribution in [0.2, 0.25) is 0 Å². The van der Waals surface area contributed by atoms with Gasteiger partial charge in [-0.15, -0.1) is 0 Å². The van der Waals surface area contributed by atoms with Gasteiger partial charge in [0.05, 0.1) is 0 Å². The van der Waals surface area contributed by atoms with Gasteiger partial charge in [0.1, 0.15) is 11.2 Å². The van der Waals surface area contributed by atoms with Crippen LogP contribution >= 0.6 is 0 Å². The largest absolute Gasteiger partial charge is 0.456 e. The van der Waals surface area contributed by atoms with Crippen molar-refractivity contribution >= 4 is 21.9 Å². The first-order valence-corrected chi connectivity index (χ1v) is 17.7. The van der Waals surface area contributed by atoms with E-state index in [9.17, 15) is 0 Å². The van der Waals surface area contributed by atoms with Gasteiger partial charge in [-0.1, -0.05) is 159 Å². The summed E-state index contributed by atoms with van der Waals surface area (Å²) in [5.41, 5.74) is 14.5. The Bertz CT molecular complexity index is 2720. The molecule has 0 saturated carbocycles. The van der Waals surface area contributed by atoms with Crippen molar-refractivity contribution in [2.45, 2.75) is 19.3 Å². The Morgan fingerprint density at radius 2 is 0.885 bits per heavy atom. The second kappa shape index (κ2) is 11.7. The van der Waals surface area contributed by atoms with Crippen LogP contribution in [0.4, 0.5) is 0 Å². The molecule has 1 aliphatic carbocycles. The van der Waals surface area contributed by atoms with E-state index < -0.39 is 0 Å². The number of benzene rings is 7. The summed E-state index contributed by atoms with van der Waals surface area (Å²) >= 11 is 0. The third-order valence-electron chi connectivity index (χ3n) is 10.5. The zero-order valence-electron chi connectivity index (χ0n) is 28.8. The molecule has 9 aromatic rings. The molecule has 0 N–H and O–H groups in total. The minimum Gasteiger partial charge on any atom is -0.456 e. The first kappa shape index (κ1) is 30.2. The predicted octanol–water partition coefficient (Wildman–Crippen LogP) is 12.4. The van der Waals surface area contributed by atoms with Gasteiger partial charge >= 0.3 is 0 Å². The fraction of sp³-hybridized carbons (Fsp3) is 0.0625. The molecule has 246 valence electrons. The number of hydrogen-bond donors (Lipinski definition) is 0. The lowest BCUT2D eigenvalue weighted by molar-refractivity contribution is 0.620. The SMILES string of the molecule is CC1(C)c2ccc(-c3ccc(-c4ccc(-c5nc(-c6ccccc6)nc(-c6ccccc6)n5)cc4)cc3)cc2-c2ccc3c(oc4ccccc43)c21. The van der Waals surface area contributed by atoms with Crippen molar-refractivity contribution in [1.82, 2.24) is 15.0 Å². The lowest BCUT2D eigenvalue weighted by Crippen LogP contribution is -2.15. The van der Waals surface area contributed by atoms with Gasteiger partial charge in [-0.3, -0.25) is 0 Å². The summed E-state index contributed by atoms with van der Waals surface area (Å²) in [6.07, 6.45) is 0. The Hall–Kier alpha value is -6.65. The Kier molecular flexibility index (Phi) is 6.80. The molecule has 0 unspecified atom stereocenters. The molecular weight excluding hydrogens is 635 g/mol. The molecule has 52 heavy (non-hydrogen) atoms. The molecule has 0 saturated heterocycles. The predicted molar refractivity (Wildman–Crippen MR) is 212 cm³/mol. The van der Waals surface area contributed by atoms with Gasteiger partial charge in [0.2, 0.25) is 0 Å². The molecule has 0 bridgehead atoms. The minimum atomic E-state index is -0.167. The van der Waals surface area contributed by atoms with E-state index in [2.05, 4.69) is 111 Å². The van der Waals surface area contributed by atoms with Gasteiger partial charge in [-0.05, 0) is 57.1 Å². The third-order valence-corrected chi connectivity index (χ3v) is 10.5. The molecule has 0 radical (unpaired) electrons. The van der Waals surface area contributed by atoms with E-state index in [-0.39, 0.29) is 5.41 Å². The summed E-state index contributed by atoms with van der Waals surface area (Å²) in [5, 5.41) is 2.35. The average Bonchev–Trinajstić information content (AvgIpc) is 3.70. The molecule has 2 heterocycles. The van der Waals surface area contributed by atoms with Crippen LogP contribution in [-0.4, -0.2) is 15.0 Å². The van der Waals surface area contributed by atoms with E-state index in [4.69, 9.17) is 19.4 Å². The van der Waals surface area contributed by atoms with Gasteiger partial charge in [0.25, 0.3) is 0 Å². The fourth-order valence-electron chi connectivity index (χ4n) is 7.86. The number of furan rings is 1. The normalized spacial score (nSPS) is 13.0.